The summed E-state index contributed by atoms with van der Waals surface area (Å²) in [7, 11) is 0. The second kappa shape index (κ2) is 7.10. The number of hydrogen-bond acceptors (Lipinski definition) is 3. The standard InChI is InChI=1S/C27H24N2O/c1-27(2,3)15-18-12-13-29-23(14-18)20-10-7-11-21-25-22(19-8-5-4-6-9-19)16-28-17-24(25)30-26(20)21/h4-14,16-17H,15H2,1-3H3. The number of hydrogen-bond donors (Lipinski definition) is 0. The summed E-state index contributed by atoms with van der Waals surface area (Å²) in [6, 6.07) is 20.9. The summed E-state index contributed by atoms with van der Waals surface area (Å²) in [5.41, 5.74) is 7.33. The highest BCUT2D eigenvalue weighted by Gasteiger charge is 2.17. The van der Waals surface area contributed by atoms with Crippen LogP contribution >= 0.6 is 0 Å². The monoisotopic (exact) mass is 392 g/mol. The van der Waals surface area contributed by atoms with E-state index in [2.05, 4.69) is 73.2 Å². The summed E-state index contributed by atoms with van der Waals surface area (Å²) in [5, 5.41) is 2.19. The number of para-hydroxylation sites is 1. The molecular weight excluding hydrogens is 368 g/mol. The van der Waals surface area contributed by atoms with E-state index in [4.69, 9.17) is 4.42 Å². The summed E-state index contributed by atoms with van der Waals surface area (Å²) in [4.78, 5) is 9.10. The van der Waals surface area contributed by atoms with Crippen molar-refractivity contribution >= 4 is 21.9 Å². The third kappa shape index (κ3) is 3.37. The molecule has 5 aromatic rings. The van der Waals surface area contributed by atoms with E-state index >= 15 is 0 Å². The molecule has 0 unspecified atom stereocenters. The van der Waals surface area contributed by atoms with Gasteiger partial charge in [0.05, 0.1) is 11.9 Å². The number of furan rings is 1. The first kappa shape index (κ1) is 18.6. The fraction of sp³-hybridized carbons (Fsp3) is 0.185. The number of fused-ring (bicyclic) bond motifs is 3. The van der Waals surface area contributed by atoms with Crippen molar-refractivity contribution in [2.45, 2.75) is 27.2 Å². The van der Waals surface area contributed by atoms with Crippen molar-refractivity contribution in [2.75, 3.05) is 0 Å². The van der Waals surface area contributed by atoms with E-state index in [0.717, 1.165) is 50.7 Å². The fourth-order valence-electron chi connectivity index (χ4n) is 4.13. The molecule has 3 heterocycles. The molecule has 0 spiro atoms. The fourth-order valence-corrected chi connectivity index (χ4v) is 4.13. The lowest BCUT2D eigenvalue weighted by molar-refractivity contribution is 0.411. The second-order valence-electron chi connectivity index (χ2n) is 9.00. The molecule has 3 aromatic heterocycles. The summed E-state index contributed by atoms with van der Waals surface area (Å²) in [6.45, 7) is 6.77. The molecular formula is C27H24N2O. The van der Waals surface area contributed by atoms with Gasteiger partial charge < -0.3 is 4.42 Å². The number of benzene rings is 2. The van der Waals surface area contributed by atoms with Gasteiger partial charge in [-0.05, 0) is 41.2 Å². The molecule has 0 bridgehead atoms. The molecule has 5 rings (SSSR count). The highest BCUT2D eigenvalue weighted by atomic mass is 16.3. The van der Waals surface area contributed by atoms with Crippen molar-refractivity contribution < 1.29 is 4.42 Å². The van der Waals surface area contributed by atoms with Crippen molar-refractivity contribution in [1.29, 1.82) is 0 Å². The van der Waals surface area contributed by atoms with Gasteiger partial charge >= 0.3 is 0 Å². The van der Waals surface area contributed by atoms with Crippen LogP contribution in [0.2, 0.25) is 0 Å². The first-order chi connectivity index (χ1) is 14.5. The van der Waals surface area contributed by atoms with Gasteiger partial charge in [0, 0.05) is 34.3 Å². The van der Waals surface area contributed by atoms with Crippen molar-refractivity contribution in [2.24, 2.45) is 5.41 Å². The predicted octanol–water partition coefficient (Wildman–Crippen LogP) is 7.30. The van der Waals surface area contributed by atoms with E-state index in [9.17, 15) is 0 Å². The maximum atomic E-state index is 6.34. The Morgan fingerprint density at radius 2 is 1.70 bits per heavy atom. The largest absolute Gasteiger partial charge is 0.454 e. The van der Waals surface area contributed by atoms with Crippen LogP contribution in [-0.4, -0.2) is 9.97 Å². The first-order valence-electron chi connectivity index (χ1n) is 10.3. The topological polar surface area (TPSA) is 38.9 Å². The van der Waals surface area contributed by atoms with Gasteiger partial charge in [0.15, 0.2) is 5.58 Å². The minimum atomic E-state index is 0.222. The van der Waals surface area contributed by atoms with E-state index in [1.165, 1.54) is 5.56 Å². The SMILES string of the molecule is CC(C)(C)Cc1ccnc(-c2cccc3c2oc2cncc(-c4ccccc4)c23)c1. The average Bonchev–Trinajstić information content (AvgIpc) is 3.12. The minimum absolute atomic E-state index is 0.222. The zero-order chi connectivity index (χ0) is 20.7. The molecule has 0 fully saturated rings. The summed E-state index contributed by atoms with van der Waals surface area (Å²) in [6.07, 6.45) is 6.62. The van der Waals surface area contributed by atoms with Crippen molar-refractivity contribution in [3.05, 3.63) is 84.8 Å². The second-order valence-corrected chi connectivity index (χ2v) is 9.00. The summed E-state index contributed by atoms with van der Waals surface area (Å²) in [5.74, 6) is 0. The zero-order valence-corrected chi connectivity index (χ0v) is 17.5. The smallest absolute Gasteiger partial charge is 0.154 e. The van der Waals surface area contributed by atoms with Gasteiger partial charge in [-0.15, -0.1) is 0 Å². The third-order valence-electron chi connectivity index (χ3n) is 5.33. The van der Waals surface area contributed by atoms with Gasteiger partial charge in [-0.1, -0.05) is 63.2 Å². The molecule has 3 nitrogen and oxygen atoms in total. The molecule has 0 amide bonds. The van der Waals surface area contributed by atoms with Crippen LogP contribution in [0.5, 0.6) is 0 Å². The van der Waals surface area contributed by atoms with E-state index in [1.807, 2.05) is 30.6 Å². The number of rotatable bonds is 3. The van der Waals surface area contributed by atoms with Crippen LogP contribution < -0.4 is 0 Å². The van der Waals surface area contributed by atoms with Crippen LogP contribution in [0, 0.1) is 5.41 Å². The van der Waals surface area contributed by atoms with Gasteiger partial charge in [0.1, 0.15) is 5.58 Å². The Morgan fingerprint density at radius 3 is 2.50 bits per heavy atom. The molecule has 148 valence electrons. The lowest BCUT2D eigenvalue weighted by atomic mass is 9.88. The van der Waals surface area contributed by atoms with Crippen LogP contribution in [0.3, 0.4) is 0 Å². The summed E-state index contributed by atoms with van der Waals surface area (Å²) >= 11 is 0. The lowest BCUT2D eigenvalue weighted by Gasteiger charge is -2.18. The van der Waals surface area contributed by atoms with Crippen molar-refractivity contribution in [3.63, 3.8) is 0 Å². The third-order valence-corrected chi connectivity index (χ3v) is 5.33. The van der Waals surface area contributed by atoms with Crippen LogP contribution in [0.15, 0.2) is 83.7 Å². The van der Waals surface area contributed by atoms with Gasteiger partial charge in [0.2, 0.25) is 0 Å². The summed E-state index contributed by atoms with van der Waals surface area (Å²) < 4.78 is 6.34. The predicted molar refractivity (Wildman–Crippen MR) is 123 cm³/mol. The van der Waals surface area contributed by atoms with Gasteiger partial charge in [-0.2, -0.15) is 0 Å². The van der Waals surface area contributed by atoms with Gasteiger partial charge in [0.25, 0.3) is 0 Å². The van der Waals surface area contributed by atoms with Gasteiger partial charge in [-0.3, -0.25) is 9.97 Å². The molecule has 0 saturated carbocycles. The maximum absolute atomic E-state index is 6.34. The molecule has 0 atom stereocenters. The molecule has 0 radical (unpaired) electrons. The Morgan fingerprint density at radius 1 is 0.867 bits per heavy atom. The molecule has 0 aliphatic rings. The Balaban J connectivity index is 1.72. The molecule has 2 aromatic carbocycles. The average molecular weight is 393 g/mol. The van der Waals surface area contributed by atoms with E-state index in [1.54, 1.807) is 6.20 Å². The Kier molecular flexibility index (Phi) is 4.39. The molecule has 30 heavy (non-hydrogen) atoms. The zero-order valence-electron chi connectivity index (χ0n) is 17.5. The first-order valence-corrected chi connectivity index (χ1v) is 10.3. The molecule has 0 N–H and O–H groups in total. The van der Waals surface area contributed by atoms with Gasteiger partial charge in [-0.25, -0.2) is 0 Å². The number of aromatic nitrogens is 2. The highest BCUT2D eigenvalue weighted by molar-refractivity contribution is 6.14. The molecule has 0 aliphatic heterocycles. The number of nitrogens with zero attached hydrogens (tertiary/aromatic N) is 2. The van der Waals surface area contributed by atoms with E-state index in [-0.39, 0.29) is 5.41 Å². The van der Waals surface area contributed by atoms with Crippen LogP contribution in [0.4, 0.5) is 0 Å². The van der Waals surface area contributed by atoms with Crippen LogP contribution in [0.1, 0.15) is 26.3 Å². The normalized spacial score (nSPS) is 12.0. The molecule has 0 saturated heterocycles. The van der Waals surface area contributed by atoms with Crippen molar-refractivity contribution in [3.8, 4) is 22.4 Å². The van der Waals surface area contributed by atoms with Crippen molar-refractivity contribution in [1.82, 2.24) is 9.97 Å². The van der Waals surface area contributed by atoms with E-state index < -0.39 is 0 Å². The van der Waals surface area contributed by atoms with E-state index in [0.29, 0.717) is 0 Å². The lowest BCUT2D eigenvalue weighted by Crippen LogP contribution is -2.09. The maximum Gasteiger partial charge on any atom is 0.154 e. The number of pyridine rings is 2. The highest BCUT2D eigenvalue weighted by Crippen LogP contribution is 2.39. The Bertz CT molecular complexity index is 1340. The quantitative estimate of drug-likeness (QED) is 0.323. The molecule has 0 aliphatic carbocycles. The van der Waals surface area contributed by atoms with Crippen LogP contribution in [0.25, 0.3) is 44.3 Å². The minimum Gasteiger partial charge on any atom is -0.454 e. The van der Waals surface area contributed by atoms with Crippen LogP contribution in [-0.2, 0) is 6.42 Å². The Labute approximate surface area is 176 Å². The molecule has 3 heteroatoms. The Hall–Kier alpha value is -3.46.